The molecular formula is C21H43N5O2. The van der Waals surface area contributed by atoms with Crippen molar-refractivity contribution in [2.75, 3.05) is 86.3 Å². The zero-order valence-electron chi connectivity index (χ0n) is 18.7. The van der Waals surface area contributed by atoms with Crippen LogP contribution >= 0.6 is 0 Å². The van der Waals surface area contributed by atoms with Gasteiger partial charge in [-0.2, -0.15) is 0 Å². The first-order chi connectivity index (χ1) is 13.7. The summed E-state index contributed by atoms with van der Waals surface area (Å²) in [7, 11) is 3.63. The van der Waals surface area contributed by atoms with E-state index in [1.807, 2.05) is 7.05 Å². The number of nitrogens with one attached hydrogen (secondary N) is 1. The Morgan fingerprint density at radius 1 is 1.07 bits per heavy atom. The quantitative estimate of drug-likeness (QED) is 0.341. The van der Waals surface area contributed by atoms with Gasteiger partial charge in [0.05, 0.1) is 6.10 Å². The molecule has 0 amide bonds. The number of nitrogens with zero attached hydrogens (tertiary/aromatic N) is 4. The van der Waals surface area contributed by atoms with Crippen molar-refractivity contribution in [2.24, 2.45) is 10.9 Å². The molecule has 0 radical (unpaired) electrons. The third-order valence-corrected chi connectivity index (χ3v) is 5.89. The van der Waals surface area contributed by atoms with Crippen molar-refractivity contribution in [1.29, 1.82) is 0 Å². The Labute approximate surface area is 172 Å². The lowest BCUT2D eigenvalue weighted by atomic mass is 10.1. The van der Waals surface area contributed by atoms with Crippen molar-refractivity contribution in [3.63, 3.8) is 0 Å². The molecule has 7 heteroatoms. The standard InChI is InChI=1S/C21H43N5O2/c1-5-24-11-13-25(14-12-24)18-19(2)17-23-21(22-3)26-9-7-20(8-10-26)28-16-6-15-27-4/h19-20H,5-18H2,1-4H3,(H,22,23). The summed E-state index contributed by atoms with van der Waals surface area (Å²) in [5.74, 6) is 1.66. The van der Waals surface area contributed by atoms with Gasteiger partial charge in [0.15, 0.2) is 5.96 Å². The fraction of sp³-hybridized carbons (Fsp3) is 0.952. The molecule has 0 aromatic rings. The lowest BCUT2D eigenvalue weighted by Crippen LogP contribution is -2.50. The molecule has 2 heterocycles. The van der Waals surface area contributed by atoms with Crippen LogP contribution < -0.4 is 5.32 Å². The average molecular weight is 398 g/mol. The second kappa shape index (κ2) is 13.4. The van der Waals surface area contributed by atoms with E-state index in [2.05, 4.69) is 38.9 Å². The molecule has 1 atom stereocenters. The van der Waals surface area contributed by atoms with Gasteiger partial charge in [-0.1, -0.05) is 13.8 Å². The van der Waals surface area contributed by atoms with Gasteiger partial charge < -0.3 is 29.5 Å². The maximum absolute atomic E-state index is 5.97. The molecule has 0 spiro atoms. The van der Waals surface area contributed by atoms with Crippen LogP contribution in [-0.4, -0.2) is 113 Å². The fourth-order valence-corrected chi connectivity index (χ4v) is 4.08. The maximum Gasteiger partial charge on any atom is 0.193 e. The van der Waals surface area contributed by atoms with Crippen molar-refractivity contribution >= 4 is 5.96 Å². The minimum Gasteiger partial charge on any atom is -0.385 e. The Bertz CT molecular complexity index is 433. The number of rotatable bonds is 10. The fourth-order valence-electron chi connectivity index (χ4n) is 4.08. The first-order valence-electron chi connectivity index (χ1n) is 11.2. The van der Waals surface area contributed by atoms with Crippen molar-refractivity contribution in [3.8, 4) is 0 Å². The summed E-state index contributed by atoms with van der Waals surface area (Å²) in [5.41, 5.74) is 0. The van der Waals surface area contributed by atoms with E-state index in [-0.39, 0.29) is 0 Å². The summed E-state index contributed by atoms with van der Waals surface area (Å²) in [6.45, 7) is 16.3. The number of piperazine rings is 1. The third-order valence-electron chi connectivity index (χ3n) is 5.89. The first-order valence-corrected chi connectivity index (χ1v) is 11.2. The maximum atomic E-state index is 5.97. The van der Waals surface area contributed by atoms with Crippen molar-refractivity contribution in [2.45, 2.75) is 39.2 Å². The van der Waals surface area contributed by atoms with Crippen LogP contribution in [0.15, 0.2) is 4.99 Å². The molecule has 2 aliphatic heterocycles. The molecule has 164 valence electrons. The van der Waals surface area contributed by atoms with Gasteiger partial charge in [-0.3, -0.25) is 4.99 Å². The van der Waals surface area contributed by atoms with E-state index in [9.17, 15) is 0 Å². The van der Waals surface area contributed by atoms with Gasteiger partial charge in [0.1, 0.15) is 0 Å². The van der Waals surface area contributed by atoms with Crippen LogP contribution in [0.5, 0.6) is 0 Å². The normalized spacial score (nSPS) is 21.9. The zero-order chi connectivity index (χ0) is 20.2. The molecule has 0 aromatic heterocycles. The molecule has 0 bridgehead atoms. The molecule has 1 unspecified atom stereocenters. The lowest BCUT2D eigenvalue weighted by molar-refractivity contribution is 0.00987. The Hall–Kier alpha value is -0.890. The second-order valence-corrected chi connectivity index (χ2v) is 8.17. The second-order valence-electron chi connectivity index (χ2n) is 8.17. The summed E-state index contributed by atoms with van der Waals surface area (Å²) in [5, 5.41) is 3.60. The van der Waals surface area contributed by atoms with E-state index in [1.165, 1.54) is 39.3 Å². The highest BCUT2D eigenvalue weighted by atomic mass is 16.5. The van der Waals surface area contributed by atoms with E-state index in [0.29, 0.717) is 12.0 Å². The molecule has 2 fully saturated rings. The number of likely N-dealkylation sites (tertiary alicyclic amines) is 1. The highest BCUT2D eigenvalue weighted by Gasteiger charge is 2.22. The lowest BCUT2D eigenvalue weighted by Gasteiger charge is -2.36. The highest BCUT2D eigenvalue weighted by molar-refractivity contribution is 5.79. The van der Waals surface area contributed by atoms with Crippen LogP contribution in [0, 0.1) is 5.92 Å². The predicted octanol–water partition coefficient (Wildman–Crippen LogP) is 1.35. The summed E-state index contributed by atoms with van der Waals surface area (Å²) in [4.78, 5) is 12.0. The smallest absolute Gasteiger partial charge is 0.193 e. The monoisotopic (exact) mass is 397 g/mol. The first kappa shape index (κ1) is 23.4. The molecule has 2 saturated heterocycles. The van der Waals surface area contributed by atoms with E-state index in [0.717, 1.165) is 58.1 Å². The van der Waals surface area contributed by atoms with Crippen LogP contribution in [0.1, 0.15) is 33.1 Å². The van der Waals surface area contributed by atoms with Crippen LogP contribution in [0.2, 0.25) is 0 Å². The summed E-state index contributed by atoms with van der Waals surface area (Å²) in [6.07, 6.45) is 3.51. The predicted molar refractivity (Wildman–Crippen MR) is 116 cm³/mol. The number of piperidine rings is 1. The summed E-state index contributed by atoms with van der Waals surface area (Å²) in [6, 6.07) is 0. The van der Waals surface area contributed by atoms with Crippen LogP contribution in [0.4, 0.5) is 0 Å². The van der Waals surface area contributed by atoms with E-state index in [4.69, 9.17) is 9.47 Å². The van der Waals surface area contributed by atoms with Crippen LogP contribution in [0.25, 0.3) is 0 Å². The van der Waals surface area contributed by atoms with Gasteiger partial charge in [-0.25, -0.2) is 0 Å². The number of likely N-dealkylation sites (N-methyl/N-ethyl adjacent to an activating group) is 1. The highest BCUT2D eigenvalue weighted by Crippen LogP contribution is 2.14. The molecule has 2 aliphatic rings. The van der Waals surface area contributed by atoms with Gasteiger partial charge in [0, 0.05) is 79.7 Å². The Balaban J connectivity index is 1.62. The SMILES string of the molecule is CCN1CCN(CC(C)CNC(=NC)N2CCC(OCCCOC)CC2)CC1. The van der Waals surface area contributed by atoms with Crippen molar-refractivity contribution < 1.29 is 9.47 Å². The van der Waals surface area contributed by atoms with E-state index >= 15 is 0 Å². The summed E-state index contributed by atoms with van der Waals surface area (Å²) < 4.78 is 11.1. The number of hydrogen-bond donors (Lipinski definition) is 1. The Morgan fingerprint density at radius 3 is 2.36 bits per heavy atom. The van der Waals surface area contributed by atoms with Crippen molar-refractivity contribution in [1.82, 2.24) is 20.0 Å². The summed E-state index contributed by atoms with van der Waals surface area (Å²) >= 11 is 0. The van der Waals surface area contributed by atoms with Gasteiger partial charge in [-0.05, 0) is 31.7 Å². The number of methoxy groups -OCH3 is 1. The average Bonchev–Trinajstić information content (AvgIpc) is 2.73. The largest absolute Gasteiger partial charge is 0.385 e. The van der Waals surface area contributed by atoms with Gasteiger partial charge in [0.25, 0.3) is 0 Å². The molecule has 2 rings (SSSR count). The minimum absolute atomic E-state index is 0.381. The van der Waals surface area contributed by atoms with Crippen LogP contribution in [-0.2, 0) is 9.47 Å². The number of aliphatic imine (C=N–C) groups is 1. The molecule has 0 saturated carbocycles. The number of ether oxygens (including phenoxy) is 2. The number of guanidine groups is 1. The minimum atomic E-state index is 0.381. The molecule has 28 heavy (non-hydrogen) atoms. The molecule has 0 aromatic carbocycles. The van der Waals surface area contributed by atoms with Gasteiger partial charge in [-0.15, -0.1) is 0 Å². The Morgan fingerprint density at radius 2 is 1.75 bits per heavy atom. The van der Waals surface area contributed by atoms with E-state index < -0.39 is 0 Å². The number of hydrogen-bond acceptors (Lipinski definition) is 5. The molecule has 0 aliphatic carbocycles. The Kier molecular flexibility index (Phi) is 11.2. The van der Waals surface area contributed by atoms with Gasteiger partial charge in [0.2, 0.25) is 0 Å². The molecule has 1 N–H and O–H groups in total. The van der Waals surface area contributed by atoms with E-state index in [1.54, 1.807) is 7.11 Å². The molecule has 7 nitrogen and oxygen atoms in total. The third kappa shape index (κ3) is 8.23. The van der Waals surface area contributed by atoms with Crippen molar-refractivity contribution in [3.05, 3.63) is 0 Å². The zero-order valence-corrected chi connectivity index (χ0v) is 18.7. The topological polar surface area (TPSA) is 52.6 Å². The molecular weight excluding hydrogens is 354 g/mol. The van der Waals surface area contributed by atoms with Gasteiger partial charge >= 0.3 is 0 Å². The van der Waals surface area contributed by atoms with Crippen LogP contribution in [0.3, 0.4) is 0 Å².